The molecule has 0 fully saturated rings. The summed E-state index contributed by atoms with van der Waals surface area (Å²) < 4.78 is 12.5. The summed E-state index contributed by atoms with van der Waals surface area (Å²) in [6.45, 7) is 0.262. The predicted molar refractivity (Wildman–Crippen MR) is 83.6 cm³/mol. The average molecular weight is 322 g/mol. The summed E-state index contributed by atoms with van der Waals surface area (Å²) in [4.78, 5) is 14.9. The van der Waals surface area contributed by atoms with E-state index in [4.69, 9.17) is 14.7 Å². The normalized spacial score (nSPS) is 12.3. The molecule has 1 aromatic heterocycles. The minimum Gasteiger partial charge on any atom is -0.454 e. The van der Waals surface area contributed by atoms with Gasteiger partial charge in [0.1, 0.15) is 12.4 Å². The second-order valence-corrected chi connectivity index (χ2v) is 5.18. The van der Waals surface area contributed by atoms with E-state index in [0.717, 1.165) is 5.52 Å². The monoisotopic (exact) mass is 322 g/mol. The fourth-order valence-electron chi connectivity index (χ4n) is 2.70. The molecule has 0 saturated carbocycles. The van der Waals surface area contributed by atoms with Crippen LogP contribution in [0.2, 0.25) is 0 Å². The minimum absolute atomic E-state index is 0.00229. The van der Waals surface area contributed by atoms with Crippen molar-refractivity contribution in [3.05, 3.63) is 46.5 Å². The summed E-state index contributed by atoms with van der Waals surface area (Å²) in [7, 11) is 0. The van der Waals surface area contributed by atoms with Crippen LogP contribution in [0.4, 0.5) is 5.69 Å². The highest BCUT2D eigenvalue weighted by Crippen LogP contribution is 2.37. The molecule has 0 saturated heterocycles. The molecule has 2 aromatic carbocycles. The molecule has 4 rings (SSSR count). The van der Waals surface area contributed by atoms with Crippen molar-refractivity contribution >= 4 is 16.7 Å². The number of imidazole rings is 1. The van der Waals surface area contributed by atoms with E-state index in [2.05, 4.69) is 11.1 Å². The molecule has 8 nitrogen and oxygen atoms in total. The fourth-order valence-corrected chi connectivity index (χ4v) is 2.70. The van der Waals surface area contributed by atoms with Crippen LogP contribution in [0.3, 0.4) is 0 Å². The van der Waals surface area contributed by atoms with Gasteiger partial charge in [0, 0.05) is 29.8 Å². The average Bonchev–Trinajstić information content (AvgIpc) is 3.17. The summed E-state index contributed by atoms with van der Waals surface area (Å²) in [6.07, 6.45) is 0. The third-order valence-electron chi connectivity index (χ3n) is 3.81. The standard InChI is InChI=1S/C16H10N4O4/c17-5-6-19-13-8-15-14(23-9-24-15)7-12(13)18-16(19)10-1-3-11(4-2-10)20(21)22/h1-4,7-8H,6,9H2. The van der Waals surface area contributed by atoms with Gasteiger partial charge < -0.3 is 14.0 Å². The van der Waals surface area contributed by atoms with Gasteiger partial charge in [-0.1, -0.05) is 0 Å². The Morgan fingerprint density at radius 3 is 2.62 bits per heavy atom. The Kier molecular flexibility index (Phi) is 3.06. The van der Waals surface area contributed by atoms with Crippen molar-refractivity contribution < 1.29 is 14.4 Å². The number of hydrogen-bond donors (Lipinski definition) is 0. The Morgan fingerprint density at radius 2 is 1.96 bits per heavy atom. The Hall–Kier alpha value is -3.60. The zero-order valence-corrected chi connectivity index (χ0v) is 12.3. The van der Waals surface area contributed by atoms with Gasteiger partial charge in [-0.3, -0.25) is 10.1 Å². The second kappa shape index (κ2) is 5.24. The molecule has 2 heterocycles. The first-order valence-corrected chi connectivity index (χ1v) is 7.09. The molecular weight excluding hydrogens is 312 g/mol. The van der Waals surface area contributed by atoms with Crippen LogP contribution in [0.15, 0.2) is 36.4 Å². The van der Waals surface area contributed by atoms with Crippen molar-refractivity contribution in [2.45, 2.75) is 6.54 Å². The lowest BCUT2D eigenvalue weighted by molar-refractivity contribution is -0.384. The first-order chi connectivity index (χ1) is 11.7. The van der Waals surface area contributed by atoms with Gasteiger partial charge in [0.15, 0.2) is 11.5 Å². The molecule has 8 heteroatoms. The molecule has 0 spiro atoms. The number of aromatic nitrogens is 2. The van der Waals surface area contributed by atoms with E-state index in [-0.39, 0.29) is 19.0 Å². The number of hydrogen-bond acceptors (Lipinski definition) is 6. The third kappa shape index (κ3) is 2.11. The van der Waals surface area contributed by atoms with Crippen LogP contribution < -0.4 is 9.47 Å². The summed E-state index contributed by atoms with van der Waals surface area (Å²) in [6, 6.07) is 11.7. The van der Waals surface area contributed by atoms with Crippen molar-refractivity contribution in [3.63, 3.8) is 0 Å². The second-order valence-electron chi connectivity index (χ2n) is 5.18. The molecule has 0 atom stereocenters. The van der Waals surface area contributed by atoms with E-state index >= 15 is 0 Å². The van der Waals surface area contributed by atoms with Gasteiger partial charge in [-0.15, -0.1) is 0 Å². The molecule has 118 valence electrons. The Morgan fingerprint density at radius 1 is 1.25 bits per heavy atom. The van der Waals surface area contributed by atoms with Gasteiger partial charge >= 0.3 is 0 Å². The van der Waals surface area contributed by atoms with Crippen molar-refractivity contribution in [3.8, 4) is 29.0 Å². The smallest absolute Gasteiger partial charge is 0.269 e. The van der Waals surface area contributed by atoms with Gasteiger partial charge in [-0.25, -0.2) is 4.98 Å². The Labute approximate surface area is 135 Å². The van der Waals surface area contributed by atoms with E-state index in [9.17, 15) is 10.1 Å². The number of nitro benzene ring substituents is 1. The molecule has 0 unspecified atom stereocenters. The zero-order chi connectivity index (χ0) is 16.7. The maximum Gasteiger partial charge on any atom is 0.269 e. The lowest BCUT2D eigenvalue weighted by Gasteiger charge is -2.05. The van der Waals surface area contributed by atoms with Crippen LogP contribution >= 0.6 is 0 Å². The SMILES string of the molecule is N#CCn1c(-c2ccc([N+](=O)[O-])cc2)nc2cc3c(cc21)OCO3. The van der Waals surface area contributed by atoms with Crippen LogP contribution in [0.5, 0.6) is 11.5 Å². The molecule has 0 radical (unpaired) electrons. The van der Waals surface area contributed by atoms with Gasteiger partial charge in [-0.05, 0) is 12.1 Å². The molecule has 0 amide bonds. The van der Waals surface area contributed by atoms with E-state index in [1.807, 2.05) is 0 Å². The van der Waals surface area contributed by atoms with Crippen LogP contribution in [0.1, 0.15) is 0 Å². The lowest BCUT2D eigenvalue weighted by atomic mass is 10.2. The van der Waals surface area contributed by atoms with Crippen molar-refractivity contribution in [2.24, 2.45) is 0 Å². The number of nitriles is 1. The van der Waals surface area contributed by atoms with E-state index < -0.39 is 4.92 Å². The van der Waals surface area contributed by atoms with E-state index in [1.165, 1.54) is 12.1 Å². The molecular formula is C16H10N4O4. The molecule has 3 aromatic rings. The number of nitrogens with zero attached hydrogens (tertiary/aromatic N) is 4. The highest BCUT2D eigenvalue weighted by molar-refractivity contribution is 5.84. The molecule has 1 aliphatic rings. The minimum atomic E-state index is -0.457. The van der Waals surface area contributed by atoms with Gasteiger partial charge in [0.05, 0.1) is 22.0 Å². The van der Waals surface area contributed by atoms with Crippen LogP contribution in [-0.4, -0.2) is 21.3 Å². The molecule has 1 aliphatic heterocycles. The first-order valence-electron chi connectivity index (χ1n) is 7.09. The van der Waals surface area contributed by atoms with Gasteiger partial charge in [0.25, 0.3) is 5.69 Å². The predicted octanol–water partition coefficient (Wildman–Crippen LogP) is 2.86. The molecule has 0 bridgehead atoms. The van der Waals surface area contributed by atoms with Crippen LogP contribution in [0.25, 0.3) is 22.4 Å². The third-order valence-corrected chi connectivity index (χ3v) is 3.81. The molecule has 0 aliphatic carbocycles. The Balaban J connectivity index is 1.89. The summed E-state index contributed by atoms with van der Waals surface area (Å²) in [5, 5.41) is 19.9. The number of non-ortho nitro benzene ring substituents is 1. The van der Waals surface area contributed by atoms with E-state index in [0.29, 0.717) is 28.4 Å². The largest absolute Gasteiger partial charge is 0.454 e. The number of rotatable bonds is 3. The topological polar surface area (TPSA) is 103 Å². The summed E-state index contributed by atoms with van der Waals surface area (Å²) >= 11 is 0. The molecule has 0 N–H and O–H groups in total. The number of benzene rings is 2. The highest BCUT2D eigenvalue weighted by Gasteiger charge is 2.20. The maximum atomic E-state index is 10.8. The van der Waals surface area contributed by atoms with Crippen molar-refractivity contribution in [1.29, 1.82) is 5.26 Å². The quantitative estimate of drug-likeness (QED) is 0.542. The van der Waals surface area contributed by atoms with Gasteiger partial charge in [0.2, 0.25) is 6.79 Å². The van der Waals surface area contributed by atoms with Crippen molar-refractivity contribution in [1.82, 2.24) is 9.55 Å². The van der Waals surface area contributed by atoms with Crippen LogP contribution in [-0.2, 0) is 6.54 Å². The fraction of sp³-hybridized carbons (Fsp3) is 0.125. The van der Waals surface area contributed by atoms with E-state index in [1.54, 1.807) is 28.8 Å². The van der Waals surface area contributed by atoms with Crippen LogP contribution in [0, 0.1) is 21.4 Å². The van der Waals surface area contributed by atoms with Crippen molar-refractivity contribution in [2.75, 3.05) is 6.79 Å². The number of fused-ring (bicyclic) bond motifs is 2. The first kappa shape index (κ1) is 14.0. The molecule has 24 heavy (non-hydrogen) atoms. The Bertz CT molecular complexity index is 1000. The highest BCUT2D eigenvalue weighted by atomic mass is 16.7. The number of nitro groups is 1. The zero-order valence-electron chi connectivity index (χ0n) is 12.3. The summed E-state index contributed by atoms with van der Waals surface area (Å²) in [5.74, 6) is 1.78. The summed E-state index contributed by atoms with van der Waals surface area (Å²) in [5.41, 5.74) is 2.11. The van der Waals surface area contributed by atoms with Gasteiger partial charge in [-0.2, -0.15) is 5.26 Å². The lowest BCUT2D eigenvalue weighted by Crippen LogP contribution is -1.99. The maximum absolute atomic E-state index is 10.8. The number of ether oxygens (including phenoxy) is 2.